The summed E-state index contributed by atoms with van der Waals surface area (Å²) in [4.78, 5) is 4.20. The number of benzene rings is 3. The first kappa shape index (κ1) is 21.3. The first-order valence-electron chi connectivity index (χ1n) is 9.18. The number of thiazole rings is 1. The number of sulfonamides is 1. The van der Waals surface area contributed by atoms with Crippen LogP contribution in [0.4, 0.5) is 0 Å². The van der Waals surface area contributed by atoms with Crippen molar-refractivity contribution in [1.82, 2.24) is 9.71 Å². The number of hydrogen-bond donors (Lipinski definition) is 1. The van der Waals surface area contributed by atoms with Crippen LogP contribution in [-0.2, 0) is 16.6 Å². The van der Waals surface area contributed by atoms with Gasteiger partial charge in [0.2, 0.25) is 10.0 Å². The number of halogens is 1. The number of hydrogen-bond acceptors (Lipinski definition) is 6. The van der Waals surface area contributed by atoms with Crippen LogP contribution < -0.4 is 14.2 Å². The molecule has 3 aromatic carbocycles. The van der Waals surface area contributed by atoms with Crippen molar-refractivity contribution in [3.8, 4) is 22.4 Å². The lowest BCUT2D eigenvalue weighted by Gasteiger charge is -2.10. The topological polar surface area (TPSA) is 77.5 Å². The van der Waals surface area contributed by atoms with Crippen molar-refractivity contribution in [2.75, 3.05) is 0 Å². The molecule has 0 fully saturated rings. The molecule has 0 atom stereocenters. The lowest BCUT2D eigenvalue weighted by atomic mass is 10.2. The van der Waals surface area contributed by atoms with E-state index in [0.29, 0.717) is 27.5 Å². The van der Waals surface area contributed by atoms with E-state index in [-0.39, 0.29) is 11.4 Å². The summed E-state index contributed by atoms with van der Waals surface area (Å²) in [5.41, 5.74) is 0.800. The summed E-state index contributed by atoms with van der Waals surface area (Å²) >= 11 is 7.48. The van der Waals surface area contributed by atoms with Crippen LogP contribution in [0.1, 0.15) is 5.56 Å². The molecule has 0 aliphatic rings. The van der Waals surface area contributed by atoms with E-state index in [1.165, 1.54) is 23.5 Å². The fraction of sp³-hybridized carbons (Fsp3) is 0.0455. The van der Waals surface area contributed by atoms with Gasteiger partial charge in [-0.15, -0.1) is 0 Å². The summed E-state index contributed by atoms with van der Waals surface area (Å²) in [6.07, 6.45) is 1.67. The highest BCUT2D eigenvalue weighted by molar-refractivity contribution is 7.89. The maximum Gasteiger partial charge on any atom is 0.278 e. The molecule has 1 N–H and O–H groups in total. The number of nitrogens with one attached hydrogen (secondary N) is 1. The highest BCUT2D eigenvalue weighted by Gasteiger charge is 2.14. The van der Waals surface area contributed by atoms with Crippen LogP contribution in [0.15, 0.2) is 89.3 Å². The van der Waals surface area contributed by atoms with E-state index >= 15 is 0 Å². The van der Waals surface area contributed by atoms with Gasteiger partial charge in [0.05, 0.1) is 9.92 Å². The summed E-state index contributed by atoms with van der Waals surface area (Å²) < 4.78 is 39.1. The van der Waals surface area contributed by atoms with Crippen molar-refractivity contribution >= 4 is 33.0 Å². The first-order valence-corrected chi connectivity index (χ1v) is 11.9. The Morgan fingerprint density at radius 1 is 0.903 bits per heavy atom. The molecule has 0 saturated heterocycles. The van der Waals surface area contributed by atoms with E-state index in [1.54, 1.807) is 60.8 Å². The molecule has 0 unspecified atom stereocenters. The van der Waals surface area contributed by atoms with Gasteiger partial charge in [0.1, 0.15) is 17.2 Å². The molecule has 0 aliphatic carbocycles. The maximum absolute atomic E-state index is 12.6. The molecule has 0 bridgehead atoms. The largest absolute Gasteiger partial charge is 0.456 e. The van der Waals surface area contributed by atoms with Crippen LogP contribution in [0.5, 0.6) is 22.4 Å². The monoisotopic (exact) mass is 472 g/mol. The Morgan fingerprint density at radius 2 is 1.58 bits per heavy atom. The Morgan fingerprint density at radius 3 is 2.26 bits per heavy atom. The molecular formula is C22H17ClN2O4S2. The zero-order valence-electron chi connectivity index (χ0n) is 16.1. The van der Waals surface area contributed by atoms with Gasteiger partial charge in [0.15, 0.2) is 0 Å². The van der Waals surface area contributed by atoms with E-state index in [4.69, 9.17) is 21.1 Å². The van der Waals surface area contributed by atoms with Gasteiger partial charge < -0.3 is 9.47 Å². The quantitative estimate of drug-likeness (QED) is 0.347. The van der Waals surface area contributed by atoms with Gasteiger partial charge in [0.25, 0.3) is 5.19 Å². The second kappa shape index (κ2) is 9.49. The molecule has 158 valence electrons. The van der Waals surface area contributed by atoms with Gasteiger partial charge in [0, 0.05) is 18.1 Å². The number of nitrogens with zero attached hydrogens (tertiary/aromatic N) is 1. The molecular weight excluding hydrogens is 456 g/mol. The van der Waals surface area contributed by atoms with E-state index in [1.807, 2.05) is 11.4 Å². The zero-order chi connectivity index (χ0) is 21.7. The highest BCUT2D eigenvalue weighted by atomic mass is 35.5. The number of para-hydroxylation sites is 1. The molecule has 31 heavy (non-hydrogen) atoms. The smallest absolute Gasteiger partial charge is 0.278 e. The predicted molar refractivity (Wildman–Crippen MR) is 121 cm³/mol. The average molecular weight is 473 g/mol. The van der Waals surface area contributed by atoms with Gasteiger partial charge in [-0.25, -0.2) is 18.1 Å². The second-order valence-corrected chi connectivity index (χ2v) is 9.40. The third-order valence-electron chi connectivity index (χ3n) is 4.20. The van der Waals surface area contributed by atoms with Crippen LogP contribution in [0, 0.1) is 0 Å². The molecule has 6 nitrogen and oxygen atoms in total. The van der Waals surface area contributed by atoms with Gasteiger partial charge in [-0.1, -0.05) is 47.2 Å². The SMILES string of the molecule is O=S(=O)(NCc1ccc(Oc2nccs2)cc1)c1ccc(Oc2ccccc2Cl)cc1. The summed E-state index contributed by atoms with van der Waals surface area (Å²) in [6, 6.07) is 20.3. The van der Waals surface area contributed by atoms with Crippen molar-refractivity contribution in [1.29, 1.82) is 0 Å². The lowest BCUT2D eigenvalue weighted by Crippen LogP contribution is -2.23. The molecule has 9 heteroatoms. The van der Waals surface area contributed by atoms with Crippen LogP contribution in [0.3, 0.4) is 0 Å². The van der Waals surface area contributed by atoms with E-state index < -0.39 is 10.0 Å². The molecule has 4 rings (SSSR count). The minimum absolute atomic E-state index is 0.141. The fourth-order valence-electron chi connectivity index (χ4n) is 2.64. The van der Waals surface area contributed by atoms with Gasteiger partial charge >= 0.3 is 0 Å². The number of ether oxygens (including phenoxy) is 2. The fourth-order valence-corrected chi connectivity index (χ4v) is 4.34. The minimum atomic E-state index is -3.68. The van der Waals surface area contributed by atoms with Crippen molar-refractivity contribution in [2.45, 2.75) is 11.4 Å². The lowest BCUT2D eigenvalue weighted by molar-refractivity contribution is 0.478. The van der Waals surface area contributed by atoms with Crippen LogP contribution in [0.2, 0.25) is 5.02 Å². The standard InChI is InChI=1S/C22H17ClN2O4S2/c23-20-3-1-2-4-21(20)28-17-9-11-19(12-10-17)31(26,27)25-15-16-5-7-18(8-6-16)29-22-24-13-14-30-22/h1-14,25H,15H2. The summed E-state index contributed by atoms with van der Waals surface area (Å²) in [5, 5.41) is 2.85. The number of aromatic nitrogens is 1. The molecule has 1 heterocycles. The molecule has 0 radical (unpaired) electrons. The van der Waals surface area contributed by atoms with Crippen molar-refractivity contribution in [3.05, 3.63) is 95.0 Å². The molecule has 0 saturated carbocycles. The third-order valence-corrected chi connectivity index (χ3v) is 6.58. The van der Waals surface area contributed by atoms with Crippen molar-refractivity contribution in [3.63, 3.8) is 0 Å². The van der Waals surface area contributed by atoms with Crippen LogP contribution >= 0.6 is 22.9 Å². The van der Waals surface area contributed by atoms with E-state index in [0.717, 1.165) is 5.56 Å². The Bertz CT molecular complexity index is 1240. The predicted octanol–water partition coefficient (Wildman–Crippen LogP) is 5.86. The highest BCUT2D eigenvalue weighted by Crippen LogP contribution is 2.29. The molecule has 0 spiro atoms. The third kappa shape index (κ3) is 5.62. The minimum Gasteiger partial charge on any atom is -0.456 e. The maximum atomic E-state index is 12.6. The zero-order valence-corrected chi connectivity index (χ0v) is 18.5. The Kier molecular flexibility index (Phi) is 6.53. The van der Waals surface area contributed by atoms with E-state index in [2.05, 4.69) is 9.71 Å². The summed E-state index contributed by atoms with van der Waals surface area (Å²) in [6.45, 7) is 0.151. The molecule has 0 amide bonds. The van der Waals surface area contributed by atoms with Crippen molar-refractivity contribution in [2.24, 2.45) is 0 Å². The molecule has 0 aliphatic heterocycles. The first-order chi connectivity index (χ1) is 15.0. The Balaban J connectivity index is 1.36. The Hall–Kier alpha value is -2.91. The van der Waals surface area contributed by atoms with E-state index in [9.17, 15) is 8.42 Å². The van der Waals surface area contributed by atoms with Crippen LogP contribution in [0.25, 0.3) is 0 Å². The molecule has 4 aromatic rings. The average Bonchev–Trinajstić information content (AvgIpc) is 3.28. The molecule has 1 aromatic heterocycles. The van der Waals surface area contributed by atoms with Gasteiger partial charge in [-0.2, -0.15) is 0 Å². The Labute approximate surface area is 189 Å². The van der Waals surface area contributed by atoms with Gasteiger partial charge in [-0.05, 0) is 54.1 Å². The number of rotatable bonds is 8. The summed E-state index contributed by atoms with van der Waals surface area (Å²) in [7, 11) is -3.68. The second-order valence-electron chi connectivity index (χ2n) is 6.37. The normalized spacial score (nSPS) is 11.3. The van der Waals surface area contributed by atoms with Crippen molar-refractivity contribution < 1.29 is 17.9 Å². The summed E-state index contributed by atoms with van der Waals surface area (Å²) in [5.74, 6) is 1.62. The van der Waals surface area contributed by atoms with Gasteiger partial charge in [-0.3, -0.25) is 0 Å². The van der Waals surface area contributed by atoms with Crippen LogP contribution in [-0.4, -0.2) is 13.4 Å².